The minimum absolute atomic E-state index is 0.171. The first-order chi connectivity index (χ1) is 10.7. The van der Waals surface area contributed by atoms with Gasteiger partial charge < -0.3 is 9.30 Å². The molecule has 1 heterocycles. The number of imidazole rings is 1. The third-order valence-corrected chi connectivity index (χ3v) is 4.33. The first-order valence-corrected chi connectivity index (χ1v) is 7.84. The molecule has 22 heavy (non-hydrogen) atoms. The Morgan fingerprint density at radius 3 is 2.64 bits per heavy atom. The molecule has 1 atom stereocenters. The van der Waals surface area contributed by atoms with E-state index in [1.54, 1.807) is 12.5 Å². The van der Waals surface area contributed by atoms with Gasteiger partial charge >= 0.3 is 0 Å². The van der Waals surface area contributed by atoms with Crippen LogP contribution >= 0.6 is 0 Å². The molecule has 1 aliphatic carbocycles. The standard InChI is InChI=1S/C18H21N3O/c1-15-6-8-16(9-7-15)18(12-19,13-21-11-10-20-14-21)22-17-4-2-3-5-17/h6-11,14,17H,2-5,13H2,1H3. The van der Waals surface area contributed by atoms with Crippen LogP contribution in [0.5, 0.6) is 0 Å². The Morgan fingerprint density at radius 2 is 2.05 bits per heavy atom. The zero-order chi connectivity index (χ0) is 15.4. The third kappa shape index (κ3) is 3.05. The topological polar surface area (TPSA) is 50.8 Å². The highest BCUT2D eigenvalue weighted by Gasteiger charge is 2.37. The fraction of sp³-hybridized carbons (Fsp3) is 0.444. The van der Waals surface area contributed by atoms with Crippen molar-refractivity contribution in [2.45, 2.75) is 50.9 Å². The average molecular weight is 295 g/mol. The summed E-state index contributed by atoms with van der Waals surface area (Å²) in [6, 6.07) is 10.5. The van der Waals surface area contributed by atoms with E-state index in [0.717, 1.165) is 18.4 Å². The number of nitriles is 1. The van der Waals surface area contributed by atoms with Crippen LogP contribution in [-0.2, 0) is 16.9 Å². The van der Waals surface area contributed by atoms with Gasteiger partial charge in [-0.25, -0.2) is 4.98 Å². The fourth-order valence-electron chi connectivity index (χ4n) is 3.07. The lowest BCUT2D eigenvalue weighted by Gasteiger charge is -2.31. The molecule has 1 aromatic heterocycles. The van der Waals surface area contributed by atoms with Crippen LogP contribution in [0.1, 0.15) is 36.8 Å². The fourth-order valence-corrected chi connectivity index (χ4v) is 3.07. The van der Waals surface area contributed by atoms with E-state index in [2.05, 4.69) is 11.1 Å². The Bertz CT molecular complexity index is 636. The summed E-state index contributed by atoms with van der Waals surface area (Å²) in [6.07, 6.45) is 9.96. The molecule has 1 saturated carbocycles. The predicted molar refractivity (Wildman–Crippen MR) is 84.0 cm³/mol. The quantitative estimate of drug-likeness (QED) is 0.847. The van der Waals surface area contributed by atoms with E-state index in [-0.39, 0.29) is 6.10 Å². The number of ether oxygens (including phenoxy) is 1. The van der Waals surface area contributed by atoms with Crippen LogP contribution in [0.4, 0.5) is 0 Å². The van der Waals surface area contributed by atoms with Crippen LogP contribution in [-0.4, -0.2) is 15.7 Å². The second kappa shape index (κ2) is 6.33. The molecule has 3 rings (SSSR count). The number of aryl methyl sites for hydroxylation is 1. The van der Waals surface area contributed by atoms with Crippen LogP contribution in [0, 0.1) is 18.3 Å². The van der Waals surface area contributed by atoms with Crippen molar-refractivity contribution in [2.75, 3.05) is 0 Å². The van der Waals surface area contributed by atoms with Gasteiger partial charge in [0, 0.05) is 12.4 Å². The first kappa shape index (κ1) is 14.8. The second-order valence-corrected chi connectivity index (χ2v) is 6.06. The van der Waals surface area contributed by atoms with E-state index in [1.165, 1.54) is 18.4 Å². The number of nitrogens with zero attached hydrogens (tertiary/aromatic N) is 3. The molecular weight excluding hydrogens is 274 g/mol. The van der Waals surface area contributed by atoms with Crippen molar-refractivity contribution in [1.29, 1.82) is 5.26 Å². The van der Waals surface area contributed by atoms with Crippen molar-refractivity contribution in [3.8, 4) is 6.07 Å². The summed E-state index contributed by atoms with van der Waals surface area (Å²) in [5.74, 6) is 0. The SMILES string of the molecule is Cc1ccc(C(C#N)(Cn2ccnc2)OC2CCCC2)cc1. The van der Waals surface area contributed by atoms with Crippen molar-refractivity contribution in [2.24, 2.45) is 0 Å². The lowest BCUT2D eigenvalue weighted by Crippen LogP contribution is -2.36. The molecule has 4 nitrogen and oxygen atoms in total. The summed E-state index contributed by atoms with van der Waals surface area (Å²) in [4.78, 5) is 4.08. The van der Waals surface area contributed by atoms with Gasteiger partial charge in [0.2, 0.25) is 0 Å². The molecule has 1 aliphatic rings. The minimum Gasteiger partial charge on any atom is -0.351 e. The molecule has 0 spiro atoms. The van der Waals surface area contributed by atoms with Crippen LogP contribution in [0.2, 0.25) is 0 Å². The van der Waals surface area contributed by atoms with Gasteiger partial charge in [0.15, 0.2) is 5.60 Å². The highest BCUT2D eigenvalue weighted by atomic mass is 16.5. The molecule has 0 bridgehead atoms. The van der Waals surface area contributed by atoms with E-state index >= 15 is 0 Å². The molecule has 0 amide bonds. The molecule has 0 radical (unpaired) electrons. The van der Waals surface area contributed by atoms with Crippen molar-refractivity contribution in [1.82, 2.24) is 9.55 Å². The Morgan fingerprint density at radius 1 is 1.32 bits per heavy atom. The molecule has 1 unspecified atom stereocenters. The predicted octanol–water partition coefficient (Wildman–Crippen LogP) is 3.57. The summed E-state index contributed by atoms with van der Waals surface area (Å²) in [5.41, 5.74) is 1.14. The van der Waals surface area contributed by atoms with E-state index in [0.29, 0.717) is 6.54 Å². The van der Waals surface area contributed by atoms with E-state index in [4.69, 9.17) is 4.74 Å². The summed E-state index contributed by atoms with van der Waals surface area (Å²) < 4.78 is 8.25. The van der Waals surface area contributed by atoms with Gasteiger partial charge in [0.25, 0.3) is 0 Å². The van der Waals surface area contributed by atoms with Crippen LogP contribution < -0.4 is 0 Å². The number of rotatable bonds is 5. The zero-order valence-corrected chi connectivity index (χ0v) is 12.9. The lowest BCUT2D eigenvalue weighted by molar-refractivity contribution is -0.0691. The average Bonchev–Trinajstić information content (AvgIpc) is 3.21. The smallest absolute Gasteiger partial charge is 0.197 e. The molecule has 0 aliphatic heterocycles. The van der Waals surface area contributed by atoms with Crippen LogP contribution in [0.25, 0.3) is 0 Å². The van der Waals surface area contributed by atoms with Crippen molar-refractivity contribution in [3.05, 3.63) is 54.1 Å². The summed E-state index contributed by atoms with van der Waals surface area (Å²) in [6.45, 7) is 2.51. The van der Waals surface area contributed by atoms with Gasteiger partial charge in [-0.15, -0.1) is 0 Å². The zero-order valence-electron chi connectivity index (χ0n) is 12.9. The largest absolute Gasteiger partial charge is 0.351 e. The Balaban J connectivity index is 1.94. The van der Waals surface area contributed by atoms with E-state index in [1.807, 2.05) is 42.0 Å². The molecule has 4 heteroatoms. The Kier molecular flexibility index (Phi) is 4.26. The maximum atomic E-state index is 9.95. The van der Waals surface area contributed by atoms with Crippen LogP contribution in [0.15, 0.2) is 43.0 Å². The summed E-state index contributed by atoms with van der Waals surface area (Å²) in [5, 5.41) is 9.95. The molecule has 0 N–H and O–H groups in total. The molecular formula is C18H21N3O. The first-order valence-electron chi connectivity index (χ1n) is 7.84. The molecule has 1 fully saturated rings. The summed E-state index contributed by atoms with van der Waals surface area (Å²) >= 11 is 0. The van der Waals surface area contributed by atoms with Gasteiger partial charge in [0.1, 0.15) is 6.07 Å². The number of hydrogen-bond acceptors (Lipinski definition) is 3. The van der Waals surface area contributed by atoms with Gasteiger partial charge in [-0.1, -0.05) is 42.7 Å². The molecule has 1 aromatic carbocycles. The maximum Gasteiger partial charge on any atom is 0.197 e. The van der Waals surface area contributed by atoms with Crippen molar-refractivity contribution >= 4 is 0 Å². The van der Waals surface area contributed by atoms with Gasteiger partial charge in [0.05, 0.1) is 19.0 Å². The normalized spacial score (nSPS) is 18.0. The maximum absolute atomic E-state index is 9.95. The highest BCUT2D eigenvalue weighted by molar-refractivity contribution is 5.32. The molecule has 114 valence electrons. The second-order valence-electron chi connectivity index (χ2n) is 6.06. The Hall–Kier alpha value is -2.12. The van der Waals surface area contributed by atoms with E-state index in [9.17, 15) is 5.26 Å². The summed E-state index contributed by atoms with van der Waals surface area (Å²) in [7, 11) is 0. The lowest BCUT2D eigenvalue weighted by atomic mass is 9.93. The van der Waals surface area contributed by atoms with Gasteiger partial charge in [-0.05, 0) is 25.3 Å². The van der Waals surface area contributed by atoms with Gasteiger partial charge in [-0.3, -0.25) is 0 Å². The van der Waals surface area contributed by atoms with Crippen molar-refractivity contribution < 1.29 is 4.74 Å². The minimum atomic E-state index is -0.955. The molecule has 2 aromatic rings. The molecule has 0 saturated heterocycles. The highest BCUT2D eigenvalue weighted by Crippen LogP contribution is 2.34. The monoisotopic (exact) mass is 295 g/mol. The van der Waals surface area contributed by atoms with Gasteiger partial charge in [-0.2, -0.15) is 5.26 Å². The van der Waals surface area contributed by atoms with Crippen molar-refractivity contribution in [3.63, 3.8) is 0 Å². The number of benzene rings is 1. The van der Waals surface area contributed by atoms with Crippen LogP contribution in [0.3, 0.4) is 0 Å². The Labute approximate surface area is 131 Å². The third-order valence-electron chi connectivity index (χ3n) is 4.33. The number of aromatic nitrogens is 2. The number of hydrogen-bond donors (Lipinski definition) is 0. The van der Waals surface area contributed by atoms with E-state index < -0.39 is 5.60 Å².